The third-order valence-corrected chi connectivity index (χ3v) is 10.4. The fourth-order valence-corrected chi connectivity index (χ4v) is 7.69. The van der Waals surface area contributed by atoms with Crippen LogP contribution in [0.5, 0.6) is 0 Å². The highest BCUT2D eigenvalue weighted by atomic mass is 15.1. The van der Waals surface area contributed by atoms with Gasteiger partial charge in [-0.3, -0.25) is 0 Å². The van der Waals surface area contributed by atoms with Gasteiger partial charge in [0.1, 0.15) is 0 Å². The second kappa shape index (κ2) is 14.8. The normalized spacial score (nSPS) is 11.1. The smallest absolute Gasteiger partial charge is 0.164 e. The van der Waals surface area contributed by atoms with Gasteiger partial charge in [0.15, 0.2) is 17.5 Å². The zero-order chi connectivity index (χ0) is 38.8. The largest absolute Gasteiger partial charge is 0.310 e. The first kappa shape index (κ1) is 34.4. The Morgan fingerprint density at radius 2 is 0.879 bits per heavy atom. The van der Waals surface area contributed by atoms with Crippen LogP contribution in [0, 0.1) is 11.3 Å². The van der Waals surface area contributed by atoms with Gasteiger partial charge in [-0.25, -0.2) is 15.0 Å². The number of hydrogen-bond donors (Lipinski definition) is 0. The Balaban J connectivity index is 1.24. The molecule has 6 nitrogen and oxygen atoms in total. The lowest BCUT2D eigenvalue weighted by Gasteiger charge is -2.25. The molecule has 0 radical (unpaired) electrons. The molecule has 0 saturated carbocycles. The van der Waals surface area contributed by atoms with E-state index in [0.29, 0.717) is 23.0 Å². The summed E-state index contributed by atoms with van der Waals surface area (Å²) in [6.07, 6.45) is 0. The molecule has 0 atom stereocenters. The minimum absolute atomic E-state index is 0.560. The highest BCUT2D eigenvalue weighted by Gasteiger charge is 2.20. The van der Waals surface area contributed by atoms with Crippen molar-refractivity contribution in [3.63, 3.8) is 0 Å². The molecule has 8 aromatic carbocycles. The van der Waals surface area contributed by atoms with E-state index in [-0.39, 0.29) is 0 Å². The van der Waals surface area contributed by atoms with Crippen molar-refractivity contribution in [2.24, 2.45) is 0 Å². The van der Waals surface area contributed by atoms with Crippen molar-refractivity contribution < 1.29 is 0 Å². The van der Waals surface area contributed by atoms with Crippen molar-refractivity contribution in [1.82, 2.24) is 19.5 Å². The van der Waals surface area contributed by atoms with Crippen molar-refractivity contribution >= 4 is 38.9 Å². The maximum Gasteiger partial charge on any atom is 0.164 e. The Kier molecular flexibility index (Phi) is 8.79. The molecule has 10 rings (SSSR count). The van der Waals surface area contributed by atoms with Crippen molar-refractivity contribution in [3.05, 3.63) is 212 Å². The number of fused-ring (bicyclic) bond motifs is 3. The number of aromatic nitrogens is 4. The molecule has 2 aromatic heterocycles. The van der Waals surface area contributed by atoms with Crippen molar-refractivity contribution in [2.45, 2.75) is 0 Å². The summed E-state index contributed by atoms with van der Waals surface area (Å²) in [5.41, 5.74) is 11.5. The summed E-state index contributed by atoms with van der Waals surface area (Å²) in [5, 5.41) is 11.9. The quantitative estimate of drug-likeness (QED) is 0.155. The molecule has 0 bridgehead atoms. The molecule has 0 N–H and O–H groups in total. The summed E-state index contributed by atoms with van der Waals surface area (Å²) in [6.45, 7) is 0. The van der Waals surface area contributed by atoms with E-state index in [1.54, 1.807) is 0 Å². The Bertz CT molecular complexity index is 3000. The third-order valence-electron chi connectivity index (χ3n) is 10.4. The Hall–Kier alpha value is -8.14. The van der Waals surface area contributed by atoms with E-state index < -0.39 is 0 Å². The molecule has 0 saturated heterocycles. The fraction of sp³-hybridized carbons (Fsp3) is 0. The third kappa shape index (κ3) is 6.43. The zero-order valence-electron chi connectivity index (χ0n) is 31.3. The number of nitriles is 1. The highest BCUT2D eigenvalue weighted by Crippen LogP contribution is 2.41. The van der Waals surface area contributed by atoms with Crippen molar-refractivity contribution in [1.29, 1.82) is 5.26 Å². The number of rotatable bonds is 8. The first-order valence-corrected chi connectivity index (χ1v) is 19.2. The summed E-state index contributed by atoms with van der Waals surface area (Å²) in [5.74, 6) is 1.75. The number of nitrogens with zero attached hydrogens (tertiary/aromatic N) is 6. The molecule has 0 aliphatic heterocycles. The van der Waals surface area contributed by atoms with Crippen LogP contribution in [0.3, 0.4) is 0 Å². The summed E-state index contributed by atoms with van der Waals surface area (Å²) in [4.78, 5) is 17.5. The maximum atomic E-state index is 9.63. The molecule has 0 aliphatic rings. The van der Waals surface area contributed by atoms with Crippen LogP contribution in [0.25, 0.3) is 72.8 Å². The summed E-state index contributed by atoms with van der Waals surface area (Å²) < 4.78 is 2.34. The van der Waals surface area contributed by atoms with Gasteiger partial charge in [0.25, 0.3) is 0 Å². The van der Waals surface area contributed by atoms with E-state index in [9.17, 15) is 5.26 Å². The monoisotopic (exact) mass is 742 g/mol. The van der Waals surface area contributed by atoms with E-state index in [1.165, 1.54) is 0 Å². The lowest BCUT2D eigenvalue weighted by molar-refractivity contribution is 1.07. The van der Waals surface area contributed by atoms with Gasteiger partial charge in [-0.15, -0.1) is 0 Å². The van der Waals surface area contributed by atoms with Gasteiger partial charge in [0, 0.05) is 50.2 Å². The van der Waals surface area contributed by atoms with Crippen LogP contribution in [0.15, 0.2) is 206 Å². The summed E-state index contributed by atoms with van der Waals surface area (Å²) in [7, 11) is 0. The van der Waals surface area contributed by atoms with Crippen LogP contribution in [0.4, 0.5) is 17.1 Å². The van der Waals surface area contributed by atoms with Gasteiger partial charge in [0.05, 0.1) is 22.7 Å². The van der Waals surface area contributed by atoms with Gasteiger partial charge < -0.3 is 9.47 Å². The van der Waals surface area contributed by atoms with Crippen molar-refractivity contribution in [2.75, 3.05) is 4.90 Å². The first-order chi connectivity index (χ1) is 28.7. The molecule has 58 heavy (non-hydrogen) atoms. The minimum atomic E-state index is 0.560. The van der Waals surface area contributed by atoms with E-state index in [4.69, 9.17) is 15.0 Å². The van der Waals surface area contributed by atoms with Crippen LogP contribution in [0.2, 0.25) is 0 Å². The van der Waals surface area contributed by atoms with Gasteiger partial charge in [-0.05, 0) is 83.9 Å². The predicted molar refractivity (Wildman–Crippen MR) is 235 cm³/mol. The van der Waals surface area contributed by atoms with E-state index in [2.05, 4.69) is 125 Å². The Morgan fingerprint density at radius 1 is 0.379 bits per heavy atom. The standard InChI is InChI=1S/C52H34N6/c53-35-36-25-27-37(28-26-36)40-31-41(52-55-50(38-15-5-1-6-16-38)54-51(56-52)39-17-7-2-8-18-39)33-45(32-40)58-48-24-14-13-23-46(48)47-30-29-44(34-49(47)58)57(42-19-9-3-10-20-42)43-21-11-4-12-22-43/h1-34H. The van der Waals surface area contributed by atoms with Crippen LogP contribution in [0.1, 0.15) is 5.56 Å². The second-order valence-corrected chi connectivity index (χ2v) is 14.1. The average molecular weight is 743 g/mol. The average Bonchev–Trinajstić information content (AvgIpc) is 3.64. The summed E-state index contributed by atoms with van der Waals surface area (Å²) in [6, 6.07) is 72.8. The molecule has 6 heteroatoms. The first-order valence-electron chi connectivity index (χ1n) is 19.2. The molecule has 272 valence electrons. The lowest BCUT2D eigenvalue weighted by Crippen LogP contribution is -2.09. The fourth-order valence-electron chi connectivity index (χ4n) is 7.69. The Labute approximate surface area is 336 Å². The Morgan fingerprint density at radius 3 is 1.47 bits per heavy atom. The minimum Gasteiger partial charge on any atom is -0.310 e. The molecule has 0 spiro atoms. The van der Waals surface area contributed by atoms with Gasteiger partial charge in [-0.2, -0.15) is 5.26 Å². The molecular formula is C52H34N6. The van der Waals surface area contributed by atoms with Gasteiger partial charge in [0.2, 0.25) is 0 Å². The van der Waals surface area contributed by atoms with Crippen LogP contribution in [-0.2, 0) is 0 Å². The highest BCUT2D eigenvalue weighted by molar-refractivity contribution is 6.10. The molecular weight excluding hydrogens is 709 g/mol. The van der Waals surface area contributed by atoms with Crippen LogP contribution in [-0.4, -0.2) is 19.5 Å². The molecule has 2 heterocycles. The zero-order valence-corrected chi connectivity index (χ0v) is 31.3. The van der Waals surface area contributed by atoms with Crippen LogP contribution >= 0.6 is 0 Å². The molecule has 0 aliphatic carbocycles. The maximum absolute atomic E-state index is 9.63. The molecule has 0 amide bonds. The van der Waals surface area contributed by atoms with Gasteiger partial charge in [-0.1, -0.05) is 133 Å². The van der Waals surface area contributed by atoms with E-state index in [0.717, 1.165) is 72.4 Å². The number of hydrogen-bond acceptors (Lipinski definition) is 5. The van der Waals surface area contributed by atoms with Crippen LogP contribution < -0.4 is 4.90 Å². The second-order valence-electron chi connectivity index (χ2n) is 14.1. The number of anilines is 3. The predicted octanol–water partition coefficient (Wildman–Crippen LogP) is 13.0. The lowest BCUT2D eigenvalue weighted by atomic mass is 10.00. The van der Waals surface area contributed by atoms with Gasteiger partial charge >= 0.3 is 0 Å². The SMILES string of the molecule is N#Cc1ccc(-c2cc(-c3nc(-c4ccccc4)nc(-c4ccccc4)n3)cc(-n3c4ccccc4c4ccc(N(c5ccccc5)c5ccccc5)cc43)c2)cc1. The number of para-hydroxylation sites is 3. The molecule has 0 fully saturated rings. The summed E-state index contributed by atoms with van der Waals surface area (Å²) >= 11 is 0. The van der Waals surface area contributed by atoms with Crippen molar-refractivity contribution in [3.8, 4) is 57.0 Å². The topological polar surface area (TPSA) is 70.6 Å². The van der Waals surface area contributed by atoms with E-state index >= 15 is 0 Å². The molecule has 10 aromatic rings. The van der Waals surface area contributed by atoms with E-state index in [1.807, 2.05) is 97.1 Å². The molecule has 0 unspecified atom stereocenters. The number of benzene rings is 8.